The summed E-state index contributed by atoms with van der Waals surface area (Å²) in [6.45, 7) is 0.209. The molecule has 9 heteroatoms. The molecule has 0 radical (unpaired) electrons. The molecule has 0 atom stereocenters. The van der Waals surface area contributed by atoms with Crippen molar-refractivity contribution in [1.29, 1.82) is 0 Å². The Balaban J connectivity index is 1.59. The minimum Gasteiger partial charge on any atom is -0.481 e. The van der Waals surface area contributed by atoms with Gasteiger partial charge in [-0.3, -0.25) is 14.4 Å². The van der Waals surface area contributed by atoms with Crippen LogP contribution in [0.25, 0.3) is 6.08 Å². The first-order valence-electron chi connectivity index (χ1n) is 10.2. The van der Waals surface area contributed by atoms with Crippen molar-refractivity contribution in [2.45, 2.75) is 6.54 Å². The molecule has 3 aromatic rings. The smallest absolute Gasteiger partial charge is 0.262 e. The molecule has 0 saturated carbocycles. The van der Waals surface area contributed by atoms with E-state index < -0.39 is 29.2 Å². The van der Waals surface area contributed by atoms with Crippen molar-refractivity contribution >= 4 is 29.4 Å². The van der Waals surface area contributed by atoms with Gasteiger partial charge in [-0.2, -0.15) is 0 Å². The van der Waals surface area contributed by atoms with Crippen LogP contribution in [0.3, 0.4) is 0 Å². The zero-order valence-corrected chi connectivity index (χ0v) is 18.3. The van der Waals surface area contributed by atoms with Gasteiger partial charge in [0.05, 0.1) is 18.4 Å². The lowest BCUT2D eigenvalue weighted by Crippen LogP contribution is -2.37. The molecule has 2 heterocycles. The van der Waals surface area contributed by atoms with Gasteiger partial charge in [-0.15, -0.1) is 0 Å². The second-order valence-corrected chi connectivity index (χ2v) is 7.55. The number of methoxy groups -OCH3 is 1. The Morgan fingerprint density at radius 2 is 1.88 bits per heavy atom. The number of amides is 2. The van der Waals surface area contributed by atoms with Crippen molar-refractivity contribution < 1.29 is 27.9 Å². The third-order valence-corrected chi connectivity index (χ3v) is 5.36. The fraction of sp³-hybridized carbons (Fsp3) is 0.120. The number of ketones is 1. The molecule has 4 rings (SSSR count). The van der Waals surface area contributed by atoms with Crippen LogP contribution in [0.4, 0.5) is 14.5 Å². The molecule has 0 unspecified atom stereocenters. The number of nitrogens with one attached hydrogen (secondary N) is 1. The topological polar surface area (TPSA) is 88.6 Å². The highest BCUT2D eigenvalue weighted by molar-refractivity contribution is 6.36. The third-order valence-electron chi connectivity index (χ3n) is 5.36. The van der Waals surface area contributed by atoms with Gasteiger partial charge in [0.15, 0.2) is 11.6 Å². The van der Waals surface area contributed by atoms with Crippen LogP contribution in [-0.4, -0.2) is 36.7 Å². The normalized spacial score (nSPS) is 14.2. The van der Waals surface area contributed by atoms with Crippen LogP contribution in [0.15, 0.2) is 60.3 Å². The number of halogens is 2. The number of pyridine rings is 1. The Morgan fingerprint density at radius 3 is 2.56 bits per heavy atom. The summed E-state index contributed by atoms with van der Waals surface area (Å²) in [5.41, 5.74) is 1.41. The lowest BCUT2D eigenvalue weighted by molar-refractivity contribution is -0.114. The van der Waals surface area contributed by atoms with E-state index >= 15 is 0 Å². The second-order valence-electron chi connectivity index (χ2n) is 7.55. The van der Waals surface area contributed by atoms with Crippen LogP contribution in [-0.2, 0) is 11.3 Å². The fourth-order valence-corrected chi connectivity index (χ4v) is 3.50. The number of nitrogens with zero attached hydrogens (tertiary/aromatic N) is 2. The molecule has 1 aliphatic heterocycles. The van der Waals surface area contributed by atoms with Crippen molar-refractivity contribution in [2.24, 2.45) is 0 Å². The first-order chi connectivity index (χ1) is 16.3. The quantitative estimate of drug-likeness (QED) is 0.462. The van der Waals surface area contributed by atoms with Crippen LogP contribution >= 0.6 is 0 Å². The van der Waals surface area contributed by atoms with Gasteiger partial charge in [0.25, 0.3) is 11.8 Å². The average molecular weight is 463 g/mol. The first kappa shape index (κ1) is 22.8. The predicted octanol–water partition coefficient (Wildman–Crippen LogP) is 3.54. The average Bonchev–Trinajstić information content (AvgIpc) is 2.85. The van der Waals surface area contributed by atoms with Gasteiger partial charge in [0, 0.05) is 37.0 Å². The molecule has 0 fully saturated rings. The van der Waals surface area contributed by atoms with Gasteiger partial charge in [0.2, 0.25) is 11.7 Å². The fourth-order valence-electron chi connectivity index (χ4n) is 3.50. The Morgan fingerprint density at radius 1 is 1.09 bits per heavy atom. The predicted molar refractivity (Wildman–Crippen MR) is 120 cm³/mol. The molecule has 0 spiro atoms. The van der Waals surface area contributed by atoms with Crippen molar-refractivity contribution in [3.63, 3.8) is 0 Å². The van der Waals surface area contributed by atoms with Crippen molar-refractivity contribution in [3.8, 4) is 5.88 Å². The number of hydrogen-bond acceptors (Lipinski definition) is 5. The first-order valence-corrected chi connectivity index (χ1v) is 10.2. The van der Waals surface area contributed by atoms with Crippen molar-refractivity contribution in [1.82, 2.24) is 10.3 Å². The number of likely N-dealkylation sites (N-methyl/N-ethyl adjacent to an activating group) is 1. The molecule has 2 aromatic carbocycles. The summed E-state index contributed by atoms with van der Waals surface area (Å²) >= 11 is 0. The summed E-state index contributed by atoms with van der Waals surface area (Å²) < 4.78 is 31.8. The molecule has 172 valence electrons. The Kier molecular flexibility index (Phi) is 6.18. The van der Waals surface area contributed by atoms with E-state index in [0.29, 0.717) is 11.6 Å². The Hall–Kier alpha value is -4.40. The van der Waals surface area contributed by atoms with E-state index in [2.05, 4.69) is 10.3 Å². The van der Waals surface area contributed by atoms with E-state index in [1.807, 2.05) is 0 Å². The minimum atomic E-state index is -1.09. The van der Waals surface area contributed by atoms with Crippen LogP contribution in [0.2, 0.25) is 0 Å². The molecule has 2 amide bonds. The van der Waals surface area contributed by atoms with Gasteiger partial charge in [-0.05, 0) is 47.5 Å². The third kappa shape index (κ3) is 4.40. The summed E-state index contributed by atoms with van der Waals surface area (Å²) in [4.78, 5) is 43.9. The van der Waals surface area contributed by atoms with Crippen LogP contribution in [0.1, 0.15) is 31.8 Å². The number of carbonyl (C=O) groups excluding carboxylic acids is 3. The molecule has 0 bridgehead atoms. The molecular weight excluding hydrogens is 444 g/mol. The number of rotatable bonds is 5. The van der Waals surface area contributed by atoms with Crippen LogP contribution < -0.4 is 15.0 Å². The van der Waals surface area contributed by atoms with E-state index in [-0.39, 0.29) is 28.8 Å². The lowest BCUT2D eigenvalue weighted by Gasteiger charge is -2.27. The summed E-state index contributed by atoms with van der Waals surface area (Å²) in [5, 5.41) is 2.75. The summed E-state index contributed by atoms with van der Waals surface area (Å²) in [6.07, 6.45) is 2.78. The molecule has 7 nitrogen and oxygen atoms in total. The standard InChI is InChI=1S/C25H19F2N3O4/c1-30-21-7-5-16(24(32)29-13-15-4-8-22(34-2)28-12-15)11-17(21)23(31)18(25(30)33)9-14-3-6-19(26)20(27)10-14/h3-12H,13H2,1-2H3,(H,29,32)/b18-9-. The molecule has 1 aliphatic rings. The highest BCUT2D eigenvalue weighted by atomic mass is 19.2. The van der Waals surface area contributed by atoms with Crippen LogP contribution in [0, 0.1) is 11.6 Å². The van der Waals surface area contributed by atoms with E-state index in [1.54, 1.807) is 18.3 Å². The largest absolute Gasteiger partial charge is 0.481 e. The molecule has 34 heavy (non-hydrogen) atoms. The maximum Gasteiger partial charge on any atom is 0.262 e. The summed E-state index contributed by atoms with van der Waals surface area (Å²) in [5.74, 6) is -3.30. The number of ether oxygens (including phenoxy) is 1. The number of aromatic nitrogens is 1. The molecule has 0 aliphatic carbocycles. The second kappa shape index (κ2) is 9.22. The van der Waals surface area contributed by atoms with Crippen molar-refractivity contribution in [2.75, 3.05) is 19.1 Å². The number of carbonyl (C=O) groups is 3. The number of benzene rings is 2. The molecule has 1 aromatic heterocycles. The van der Waals surface area contributed by atoms with E-state index in [0.717, 1.165) is 17.7 Å². The summed E-state index contributed by atoms with van der Waals surface area (Å²) in [6, 6.07) is 10.9. The number of Topliss-reactive ketones (excluding diaryl/α,β-unsaturated/α-hetero) is 1. The minimum absolute atomic E-state index is 0.148. The van der Waals surface area contributed by atoms with Gasteiger partial charge in [-0.1, -0.05) is 12.1 Å². The molecular formula is C25H19F2N3O4. The van der Waals surface area contributed by atoms with Gasteiger partial charge >= 0.3 is 0 Å². The maximum atomic E-state index is 13.6. The Labute approximate surface area is 193 Å². The monoisotopic (exact) mass is 463 g/mol. The summed E-state index contributed by atoms with van der Waals surface area (Å²) in [7, 11) is 2.99. The molecule has 1 N–H and O–H groups in total. The van der Waals surface area contributed by atoms with Crippen molar-refractivity contribution in [3.05, 3.63) is 94.2 Å². The van der Waals surface area contributed by atoms with E-state index in [4.69, 9.17) is 4.74 Å². The van der Waals surface area contributed by atoms with Gasteiger partial charge in [-0.25, -0.2) is 13.8 Å². The zero-order valence-electron chi connectivity index (χ0n) is 18.3. The van der Waals surface area contributed by atoms with Gasteiger partial charge < -0.3 is 15.0 Å². The van der Waals surface area contributed by atoms with E-state index in [9.17, 15) is 23.2 Å². The highest BCUT2D eigenvalue weighted by Gasteiger charge is 2.33. The highest BCUT2D eigenvalue weighted by Crippen LogP contribution is 2.31. The van der Waals surface area contributed by atoms with Gasteiger partial charge in [0.1, 0.15) is 0 Å². The number of anilines is 1. The maximum absolute atomic E-state index is 13.6. The molecule has 0 saturated heterocycles. The SMILES string of the molecule is COc1ccc(CNC(=O)c2ccc3c(c2)C(=O)/C(=C/c2ccc(F)c(F)c2)C(=O)N3C)cn1. The number of hydrogen-bond donors (Lipinski definition) is 1. The zero-order chi connectivity index (χ0) is 24.4. The van der Waals surface area contributed by atoms with Crippen LogP contribution in [0.5, 0.6) is 5.88 Å². The van der Waals surface area contributed by atoms with E-state index in [1.165, 1.54) is 49.4 Å². The lowest BCUT2D eigenvalue weighted by atomic mass is 9.92. The Bertz CT molecular complexity index is 1340. The number of fused-ring (bicyclic) bond motifs is 1.